The quantitative estimate of drug-likeness (QED) is 0.707. The Labute approximate surface area is 75.6 Å². The van der Waals surface area contributed by atoms with Crippen molar-refractivity contribution in [3.05, 3.63) is 28.5 Å². The van der Waals surface area contributed by atoms with Crippen molar-refractivity contribution in [2.75, 3.05) is 0 Å². The van der Waals surface area contributed by atoms with E-state index in [0.717, 1.165) is 12.1 Å². The highest BCUT2D eigenvalue weighted by atomic mass is 35.5. The molecule has 0 aliphatic rings. The van der Waals surface area contributed by atoms with Crippen LogP contribution in [-0.2, 0) is 6.42 Å². The lowest BCUT2D eigenvalue weighted by molar-refractivity contribution is 0.1000. The van der Waals surface area contributed by atoms with E-state index in [1.807, 2.05) is 6.92 Å². The molecule has 64 valence electrons. The summed E-state index contributed by atoms with van der Waals surface area (Å²) in [6.07, 6.45) is 0.790. The molecular weight excluding hydrogens is 176 g/mol. The van der Waals surface area contributed by atoms with Gasteiger partial charge in [-0.15, -0.1) is 0 Å². The van der Waals surface area contributed by atoms with E-state index in [9.17, 15) is 4.79 Å². The van der Waals surface area contributed by atoms with Gasteiger partial charge in [0.05, 0.1) is 5.56 Å². The summed E-state index contributed by atoms with van der Waals surface area (Å²) < 4.78 is 0. The fourth-order valence-electron chi connectivity index (χ4n) is 0.853. The van der Waals surface area contributed by atoms with Gasteiger partial charge in [-0.2, -0.15) is 0 Å². The summed E-state index contributed by atoms with van der Waals surface area (Å²) in [7, 11) is 0. The van der Waals surface area contributed by atoms with Gasteiger partial charge in [0.1, 0.15) is 5.15 Å². The fourth-order valence-corrected chi connectivity index (χ4v) is 1.12. The standard InChI is InChI=1S/C8H9ClN2O/c1-2-5-3-4-6(8(10)12)7(9)11-5/h3-4H,2H2,1H3,(H2,10,12). The highest BCUT2D eigenvalue weighted by Crippen LogP contribution is 2.13. The van der Waals surface area contributed by atoms with Crippen LogP contribution in [0, 0.1) is 0 Å². The minimum atomic E-state index is -0.546. The van der Waals surface area contributed by atoms with Crippen LogP contribution in [0.2, 0.25) is 5.15 Å². The van der Waals surface area contributed by atoms with Gasteiger partial charge in [-0.05, 0) is 18.6 Å². The molecule has 0 aliphatic carbocycles. The van der Waals surface area contributed by atoms with Gasteiger partial charge in [0.2, 0.25) is 0 Å². The van der Waals surface area contributed by atoms with Crippen LogP contribution >= 0.6 is 11.6 Å². The van der Waals surface area contributed by atoms with E-state index in [1.54, 1.807) is 12.1 Å². The monoisotopic (exact) mass is 184 g/mol. The number of aromatic nitrogens is 1. The van der Waals surface area contributed by atoms with Crippen LogP contribution in [-0.4, -0.2) is 10.9 Å². The molecule has 0 saturated heterocycles. The van der Waals surface area contributed by atoms with E-state index >= 15 is 0 Å². The molecule has 0 unspecified atom stereocenters. The number of hydrogen-bond acceptors (Lipinski definition) is 2. The number of nitrogens with zero attached hydrogens (tertiary/aromatic N) is 1. The lowest BCUT2D eigenvalue weighted by atomic mass is 10.2. The van der Waals surface area contributed by atoms with Crippen LogP contribution in [0.25, 0.3) is 0 Å². The van der Waals surface area contributed by atoms with Gasteiger partial charge < -0.3 is 5.73 Å². The Kier molecular flexibility index (Phi) is 2.65. The number of hydrogen-bond donors (Lipinski definition) is 1. The molecule has 0 aromatic carbocycles. The van der Waals surface area contributed by atoms with Gasteiger partial charge in [0, 0.05) is 5.69 Å². The summed E-state index contributed by atoms with van der Waals surface area (Å²) in [5.41, 5.74) is 6.17. The van der Waals surface area contributed by atoms with Crippen LogP contribution in [0.4, 0.5) is 0 Å². The number of nitrogens with two attached hydrogens (primary N) is 1. The summed E-state index contributed by atoms with van der Waals surface area (Å²) >= 11 is 5.69. The lowest BCUT2D eigenvalue weighted by Crippen LogP contribution is -2.12. The molecule has 1 amide bonds. The second-order valence-electron chi connectivity index (χ2n) is 2.36. The number of rotatable bonds is 2. The van der Waals surface area contributed by atoms with Crippen LogP contribution < -0.4 is 5.73 Å². The second-order valence-corrected chi connectivity index (χ2v) is 2.72. The van der Waals surface area contributed by atoms with Crippen LogP contribution in [0.5, 0.6) is 0 Å². The summed E-state index contributed by atoms with van der Waals surface area (Å²) in [4.78, 5) is 14.7. The number of pyridine rings is 1. The molecular formula is C8H9ClN2O. The summed E-state index contributed by atoms with van der Waals surface area (Å²) in [5, 5.41) is 0.182. The number of halogens is 1. The van der Waals surface area contributed by atoms with Crippen molar-refractivity contribution in [2.45, 2.75) is 13.3 Å². The number of primary amides is 1. The second kappa shape index (κ2) is 3.54. The van der Waals surface area contributed by atoms with Crippen LogP contribution in [0.1, 0.15) is 23.0 Å². The molecule has 3 nitrogen and oxygen atoms in total. The molecule has 1 rings (SSSR count). The van der Waals surface area contributed by atoms with E-state index < -0.39 is 5.91 Å². The van der Waals surface area contributed by atoms with Crippen LogP contribution in [0.15, 0.2) is 12.1 Å². The van der Waals surface area contributed by atoms with Crippen molar-refractivity contribution < 1.29 is 4.79 Å². The molecule has 4 heteroatoms. The Morgan fingerprint density at radius 3 is 2.75 bits per heavy atom. The maximum absolute atomic E-state index is 10.7. The number of carbonyl (C=O) groups is 1. The third-order valence-corrected chi connectivity index (χ3v) is 1.82. The van der Waals surface area contributed by atoms with Crippen molar-refractivity contribution in [3.8, 4) is 0 Å². The van der Waals surface area contributed by atoms with Crippen LogP contribution in [0.3, 0.4) is 0 Å². The topological polar surface area (TPSA) is 56.0 Å². The molecule has 0 spiro atoms. The maximum Gasteiger partial charge on any atom is 0.251 e. The SMILES string of the molecule is CCc1ccc(C(N)=O)c(Cl)n1. The van der Waals surface area contributed by atoms with E-state index in [0.29, 0.717) is 0 Å². The zero-order chi connectivity index (χ0) is 9.14. The predicted octanol–water partition coefficient (Wildman–Crippen LogP) is 1.40. The van der Waals surface area contributed by atoms with Gasteiger partial charge in [-0.1, -0.05) is 18.5 Å². The molecule has 1 aromatic heterocycles. The first-order valence-electron chi connectivity index (χ1n) is 3.60. The van der Waals surface area contributed by atoms with Crippen molar-refractivity contribution >= 4 is 17.5 Å². The van der Waals surface area contributed by atoms with Crippen molar-refractivity contribution in [1.29, 1.82) is 0 Å². The first kappa shape index (κ1) is 9.00. The Morgan fingerprint density at radius 2 is 2.33 bits per heavy atom. The third-order valence-electron chi connectivity index (χ3n) is 1.53. The Balaban J connectivity index is 3.12. The van der Waals surface area contributed by atoms with Gasteiger partial charge in [-0.3, -0.25) is 4.79 Å². The molecule has 0 saturated carbocycles. The molecule has 1 heterocycles. The molecule has 0 bridgehead atoms. The Morgan fingerprint density at radius 1 is 1.67 bits per heavy atom. The van der Waals surface area contributed by atoms with E-state index in [1.165, 1.54) is 0 Å². The average Bonchev–Trinajstić information content (AvgIpc) is 2.03. The maximum atomic E-state index is 10.7. The summed E-state index contributed by atoms with van der Waals surface area (Å²) in [6, 6.07) is 3.34. The van der Waals surface area contributed by atoms with Crippen molar-refractivity contribution in [3.63, 3.8) is 0 Å². The van der Waals surface area contributed by atoms with Gasteiger partial charge in [0.15, 0.2) is 0 Å². The third kappa shape index (κ3) is 1.74. The van der Waals surface area contributed by atoms with Crippen molar-refractivity contribution in [2.24, 2.45) is 5.73 Å². The normalized spacial score (nSPS) is 9.83. The highest BCUT2D eigenvalue weighted by Gasteiger charge is 2.07. The number of carbonyl (C=O) groups excluding carboxylic acids is 1. The summed E-state index contributed by atoms with van der Waals surface area (Å²) in [6.45, 7) is 1.96. The molecule has 12 heavy (non-hydrogen) atoms. The van der Waals surface area contributed by atoms with E-state index in [4.69, 9.17) is 17.3 Å². The number of aryl methyl sites for hydroxylation is 1. The molecule has 0 fully saturated rings. The minimum absolute atomic E-state index is 0.182. The van der Waals surface area contributed by atoms with Gasteiger partial charge >= 0.3 is 0 Å². The van der Waals surface area contributed by atoms with E-state index in [-0.39, 0.29) is 10.7 Å². The molecule has 2 N–H and O–H groups in total. The van der Waals surface area contributed by atoms with Gasteiger partial charge in [0.25, 0.3) is 5.91 Å². The van der Waals surface area contributed by atoms with Gasteiger partial charge in [-0.25, -0.2) is 4.98 Å². The Hall–Kier alpha value is -1.09. The number of amides is 1. The Bertz CT molecular complexity index is 312. The first-order valence-corrected chi connectivity index (χ1v) is 3.98. The summed E-state index contributed by atoms with van der Waals surface area (Å²) in [5.74, 6) is -0.546. The lowest BCUT2D eigenvalue weighted by Gasteiger charge is -2.00. The molecule has 0 radical (unpaired) electrons. The zero-order valence-electron chi connectivity index (χ0n) is 6.67. The van der Waals surface area contributed by atoms with Crippen molar-refractivity contribution in [1.82, 2.24) is 4.98 Å². The van der Waals surface area contributed by atoms with E-state index in [2.05, 4.69) is 4.98 Å². The smallest absolute Gasteiger partial charge is 0.251 e. The highest BCUT2D eigenvalue weighted by molar-refractivity contribution is 6.32. The minimum Gasteiger partial charge on any atom is -0.366 e. The zero-order valence-corrected chi connectivity index (χ0v) is 7.43. The largest absolute Gasteiger partial charge is 0.366 e. The molecule has 0 aliphatic heterocycles. The molecule has 0 atom stereocenters. The fraction of sp³-hybridized carbons (Fsp3) is 0.250. The average molecular weight is 185 g/mol. The predicted molar refractivity (Wildman–Crippen MR) is 47.1 cm³/mol. The first-order chi connectivity index (χ1) is 5.65. The molecule has 1 aromatic rings.